The van der Waals surface area contributed by atoms with Crippen LogP contribution in [0.2, 0.25) is 0 Å². The van der Waals surface area contributed by atoms with Crippen molar-refractivity contribution in [3.05, 3.63) is 35.9 Å². The van der Waals surface area contributed by atoms with Crippen LogP contribution in [0.25, 0.3) is 0 Å². The van der Waals surface area contributed by atoms with Crippen LogP contribution in [-0.4, -0.2) is 68.8 Å². The molecular weight excluding hydrogens is 430 g/mol. The predicted octanol–water partition coefficient (Wildman–Crippen LogP) is -2.61. The fourth-order valence-corrected chi connectivity index (χ4v) is 2.87. The zero-order valence-corrected chi connectivity index (χ0v) is 18.7. The molecular formula is C21H33N7O5. The Balaban J connectivity index is 2.54. The van der Waals surface area contributed by atoms with Crippen LogP contribution in [0.4, 0.5) is 0 Å². The van der Waals surface area contributed by atoms with Crippen LogP contribution < -0.4 is 38.1 Å². The molecule has 12 nitrogen and oxygen atoms in total. The largest absolute Gasteiger partial charge is 0.368 e. The topological polar surface area (TPSA) is 198 Å². The van der Waals surface area contributed by atoms with Gasteiger partial charge in [0.25, 0.3) is 0 Å². The van der Waals surface area contributed by atoms with E-state index in [4.69, 9.17) is 11.5 Å². The van der Waals surface area contributed by atoms with E-state index in [1.165, 1.54) is 0 Å². The Hall–Kier alpha value is -3.51. The van der Waals surface area contributed by atoms with Crippen LogP contribution in [0.1, 0.15) is 30.9 Å². The van der Waals surface area contributed by atoms with Gasteiger partial charge in [-0.1, -0.05) is 36.8 Å². The third-order valence-electron chi connectivity index (χ3n) is 4.62. The Morgan fingerprint density at radius 3 is 2.09 bits per heavy atom. The van der Waals surface area contributed by atoms with Gasteiger partial charge in [-0.3, -0.25) is 24.0 Å². The van der Waals surface area contributed by atoms with Gasteiger partial charge in [0, 0.05) is 0 Å². The van der Waals surface area contributed by atoms with Crippen LogP contribution >= 0.6 is 0 Å². The Morgan fingerprint density at radius 2 is 1.48 bits per heavy atom. The van der Waals surface area contributed by atoms with Crippen molar-refractivity contribution in [3.63, 3.8) is 0 Å². The lowest BCUT2D eigenvalue weighted by atomic mass is 10.1. The number of unbranched alkanes of at least 4 members (excludes halogenated alkanes) is 1. The molecule has 0 spiro atoms. The Bertz CT molecular complexity index is 803. The molecule has 0 bridgehead atoms. The number of nitrogens with two attached hydrogens (primary N) is 2. The minimum absolute atomic E-state index is 0.303. The second kappa shape index (κ2) is 15.3. The summed E-state index contributed by atoms with van der Waals surface area (Å²) >= 11 is 0. The monoisotopic (exact) mass is 463 g/mol. The normalized spacial score (nSPS) is 12.2. The zero-order valence-electron chi connectivity index (χ0n) is 18.7. The number of rotatable bonds is 15. The third-order valence-corrected chi connectivity index (χ3v) is 4.62. The summed E-state index contributed by atoms with van der Waals surface area (Å²) in [6, 6.07) is 6.86. The van der Waals surface area contributed by atoms with Gasteiger partial charge in [-0.05, 0) is 32.0 Å². The minimum atomic E-state index is -1.08. The van der Waals surface area contributed by atoms with Crippen LogP contribution in [0, 0.1) is 0 Å². The second-order valence-electron chi connectivity index (χ2n) is 7.22. The highest BCUT2D eigenvalue weighted by atomic mass is 16.2. The number of likely N-dealkylation sites (N-methyl/N-ethyl adjacent to an activating group) is 1. The summed E-state index contributed by atoms with van der Waals surface area (Å²) in [6.07, 6.45) is 2.16. The number of benzene rings is 1. The standard InChI is InChI=1S/C21H33N7O5/c1-24-15(9-5-6-10-22)20(32)27-12-17(30)25-13-18(31)28-19(14-7-3-2-4-8-14)21(33)26-11-16(23)29/h2-4,7-8,15,19,24H,5-6,9-13,22H2,1H3,(H2,23,29)(H,25,30)(H,26,33)(H,27,32)(H,28,31)/t15?,19-/m0/s1. The zero-order chi connectivity index (χ0) is 24.6. The van der Waals surface area contributed by atoms with Crippen molar-refractivity contribution in [1.82, 2.24) is 26.6 Å². The van der Waals surface area contributed by atoms with E-state index in [9.17, 15) is 24.0 Å². The van der Waals surface area contributed by atoms with Gasteiger partial charge in [-0.2, -0.15) is 0 Å². The molecule has 0 fully saturated rings. The Labute approximate surface area is 192 Å². The van der Waals surface area contributed by atoms with E-state index in [0.29, 0.717) is 18.5 Å². The molecule has 12 heteroatoms. The highest BCUT2D eigenvalue weighted by Gasteiger charge is 2.23. The lowest BCUT2D eigenvalue weighted by Gasteiger charge is -2.19. The van der Waals surface area contributed by atoms with Crippen molar-refractivity contribution in [2.75, 3.05) is 33.2 Å². The van der Waals surface area contributed by atoms with Gasteiger partial charge in [-0.25, -0.2) is 0 Å². The van der Waals surface area contributed by atoms with Gasteiger partial charge in [0.05, 0.1) is 25.7 Å². The van der Waals surface area contributed by atoms with Crippen LogP contribution in [-0.2, 0) is 24.0 Å². The first kappa shape index (κ1) is 27.5. The molecule has 0 aliphatic heterocycles. The first-order valence-corrected chi connectivity index (χ1v) is 10.6. The van der Waals surface area contributed by atoms with E-state index in [1.54, 1.807) is 37.4 Å². The number of amides is 5. The molecule has 9 N–H and O–H groups in total. The number of nitrogens with one attached hydrogen (secondary N) is 5. The van der Waals surface area contributed by atoms with Crippen LogP contribution in [0.3, 0.4) is 0 Å². The summed E-state index contributed by atoms with van der Waals surface area (Å²) in [6.45, 7) is -0.551. The number of hydrogen-bond donors (Lipinski definition) is 7. The van der Waals surface area contributed by atoms with Crippen molar-refractivity contribution in [2.24, 2.45) is 11.5 Å². The lowest BCUT2D eigenvalue weighted by molar-refractivity contribution is -0.131. The molecule has 0 saturated carbocycles. The predicted molar refractivity (Wildman–Crippen MR) is 121 cm³/mol. The molecule has 0 aromatic heterocycles. The molecule has 33 heavy (non-hydrogen) atoms. The lowest BCUT2D eigenvalue weighted by Crippen LogP contribution is -2.48. The molecule has 1 rings (SSSR count). The van der Waals surface area contributed by atoms with E-state index in [2.05, 4.69) is 26.6 Å². The molecule has 182 valence electrons. The number of carbonyl (C=O) groups excluding carboxylic acids is 5. The first-order chi connectivity index (χ1) is 15.8. The minimum Gasteiger partial charge on any atom is -0.368 e. The molecule has 0 aliphatic carbocycles. The Kier molecular flexibility index (Phi) is 12.8. The smallest absolute Gasteiger partial charge is 0.247 e. The SMILES string of the molecule is CNC(CCCCN)C(=O)NCC(=O)NCC(=O)N[C@H](C(=O)NCC(N)=O)c1ccccc1. The average Bonchev–Trinajstić information content (AvgIpc) is 2.81. The van der Waals surface area contributed by atoms with Crippen LogP contribution in [0.5, 0.6) is 0 Å². The van der Waals surface area contributed by atoms with E-state index >= 15 is 0 Å². The summed E-state index contributed by atoms with van der Waals surface area (Å²) in [5.74, 6) is -2.88. The number of hydrogen-bond acceptors (Lipinski definition) is 7. The molecule has 2 atom stereocenters. The van der Waals surface area contributed by atoms with Crippen LogP contribution in [0.15, 0.2) is 30.3 Å². The molecule has 0 radical (unpaired) electrons. The van der Waals surface area contributed by atoms with Crippen molar-refractivity contribution >= 4 is 29.5 Å². The van der Waals surface area contributed by atoms with Gasteiger partial charge >= 0.3 is 0 Å². The molecule has 0 saturated heterocycles. The Morgan fingerprint density at radius 1 is 0.848 bits per heavy atom. The number of primary amides is 1. The van der Waals surface area contributed by atoms with Gasteiger partial charge in [0.2, 0.25) is 29.5 Å². The molecule has 1 aromatic carbocycles. The van der Waals surface area contributed by atoms with Crippen molar-refractivity contribution in [1.29, 1.82) is 0 Å². The summed E-state index contributed by atoms with van der Waals surface area (Å²) in [4.78, 5) is 59.8. The molecule has 0 aliphatic rings. The van der Waals surface area contributed by atoms with Gasteiger partial charge in [0.15, 0.2) is 0 Å². The summed E-state index contributed by atoms with van der Waals surface area (Å²) in [5, 5.41) is 12.6. The van der Waals surface area contributed by atoms with E-state index in [1.807, 2.05) is 0 Å². The summed E-state index contributed by atoms with van der Waals surface area (Å²) < 4.78 is 0. The third kappa shape index (κ3) is 11.1. The van der Waals surface area contributed by atoms with Gasteiger partial charge in [-0.15, -0.1) is 0 Å². The molecule has 0 heterocycles. The highest BCUT2D eigenvalue weighted by Crippen LogP contribution is 2.12. The van der Waals surface area contributed by atoms with Crippen molar-refractivity contribution < 1.29 is 24.0 Å². The highest BCUT2D eigenvalue weighted by molar-refractivity contribution is 5.93. The summed E-state index contributed by atoms with van der Waals surface area (Å²) in [5.41, 5.74) is 11.0. The van der Waals surface area contributed by atoms with Gasteiger partial charge in [0.1, 0.15) is 6.04 Å². The maximum atomic E-state index is 12.4. The van der Waals surface area contributed by atoms with Gasteiger partial charge < -0.3 is 38.1 Å². The van der Waals surface area contributed by atoms with E-state index < -0.39 is 42.3 Å². The fraction of sp³-hybridized carbons (Fsp3) is 0.476. The van der Waals surface area contributed by atoms with Crippen molar-refractivity contribution in [3.8, 4) is 0 Å². The van der Waals surface area contributed by atoms with Crippen molar-refractivity contribution in [2.45, 2.75) is 31.3 Å². The molecule has 1 unspecified atom stereocenters. The summed E-state index contributed by atoms with van der Waals surface area (Å²) in [7, 11) is 1.65. The van der Waals surface area contributed by atoms with E-state index in [0.717, 1.165) is 12.8 Å². The molecule has 5 amide bonds. The fourth-order valence-electron chi connectivity index (χ4n) is 2.87. The maximum absolute atomic E-state index is 12.4. The number of carbonyl (C=O) groups is 5. The first-order valence-electron chi connectivity index (χ1n) is 10.6. The average molecular weight is 464 g/mol. The van der Waals surface area contributed by atoms with E-state index in [-0.39, 0.29) is 19.0 Å². The quantitative estimate of drug-likeness (QED) is 0.138. The second-order valence-corrected chi connectivity index (χ2v) is 7.22. The molecule has 1 aromatic rings. The maximum Gasteiger partial charge on any atom is 0.247 e.